The lowest BCUT2D eigenvalue weighted by molar-refractivity contribution is 0.422. The van der Waals surface area contributed by atoms with Crippen molar-refractivity contribution in [1.29, 1.82) is 0 Å². The van der Waals surface area contributed by atoms with Crippen LogP contribution in [0.2, 0.25) is 0 Å². The number of benzene rings is 4. The molecule has 4 aromatic rings. The molecule has 0 aliphatic rings. The van der Waals surface area contributed by atoms with Gasteiger partial charge in [-0.1, -0.05) is 119 Å². The highest BCUT2D eigenvalue weighted by molar-refractivity contribution is 5.76. The van der Waals surface area contributed by atoms with Gasteiger partial charge in [-0.3, -0.25) is 0 Å². The average molecular weight is 601 g/mol. The second-order valence-electron chi connectivity index (χ2n) is 16.7. The number of aryl methyl sites for hydroxylation is 1. The Morgan fingerprint density at radius 3 is 1.29 bits per heavy atom. The smallest absolute Gasteiger partial charge is 0.123 e. The molecule has 2 nitrogen and oxygen atoms in total. The largest absolute Gasteiger partial charge is 0.507 e. The summed E-state index contributed by atoms with van der Waals surface area (Å²) in [6, 6.07) is 23.2. The van der Waals surface area contributed by atoms with E-state index in [1.165, 1.54) is 5.56 Å². The van der Waals surface area contributed by atoms with Gasteiger partial charge in [-0.25, -0.2) is 0 Å². The molecule has 2 heteroatoms. The molecule has 0 unspecified atom stereocenters. The van der Waals surface area contributed by atoms with Crippen LogP contribution in [-0.2, 0) is 21.7 Å². The third-order valence-electron chi connectivity index (χ3n) is 8.58. The molecule has 0 radical (unpaired) electrons. The third-order valence-corrected chi connectivity index (χ3v) is 8.58. The van der Waals surface area contributed by atoms with E-state index in [-0.39, 0.29) is 21.7 Å². The molecule has 0 aliphatic carbocycles. The van der Waals surface area contributed by atoms with Gasteiger partial charge in [0, 0.05) is 33.4 Å². The lowest BCUT2D eigenvalue weighted by atomic mass is 9.77. The van der Waals surface area contributed by atoms with Gasteiger partial charge in [0.1, 0.15) is 11.5 Å². The SMILES string of the molecule is Cc1ccc(C#Cc2ccccc2-c2cc(C(C)(C)C)c(O)c(C(C)(C)C)c2)cc1-c1cc(C(C)(C)C)c(O)c(C(C)(C)C)c1. The zero-order valence-electron chi connectivity index (χ0n) is 29.7. The van der Waals surface area contributed by atoms with Gasteiger partial charge in [-0.15, -0.1) is 0 Å². The molecule has 236 valence electrons. The van der Waals surface area contributed by atoms with Gasteiger partial charge >= 0.3 is 0 Å². The zero-order valence-corrected chi connectivity index (χ0v) is 29.7. The highest BCUT2D eigenvalue weighted by Crippen LogP contribution is 2.44. The molecule has 4 rings (SSSR count). The minimum absolute atomic E-state index is 0.205. The summed E-state index contributed by atoms with van der Waals surface area (Å²) in [5.74, 6) is 7.72. The van der Waals surface area contributed by atoms with Gasteiger partial charge in [0.25, 0.3) is 0 Å². The standard InChI is InChI=1S/C43H52O2/c1-27-18-19-28(22-33(27)31-25-36(42(8,9)10)39(45)37(26-31)43(11,12)13)20-21-29-16-14-15-17-32(29)30-23-34(40(2,3)4)38(44)35(24-30)41(5,6)7/h14-19,22-26,44-45H,1-13H3. The first kappa shape index (κ1) is 33.9. The Hall–Kier alpha value is -3.96. The predicted molar refractivity (Wildman–Crippen MR) is 193 cm³/mol. The van der Waals surface area contributed by atoms with Crippen LogP contribution >= 0.6 is 0 Å². The second-order valence-corrected chi connectivity index (χ2v) is 16.7. The summed E-state index contributed by atoms with van der Waals surface area (Å²) in [6.45, 7) is 27.9. The van der Waals surface area contributed by atoms with Crippen molar-refractivity contribution >= 4 is 0 Å². The zero-order chi connectivity index (χ0) is 33.7. The second kappa shape index (κ2) is 11.8. The van der Waals surface area contributed by atoms with Crippen molar-refractivity contribution in [2.45, 2.75) is 112 Å². The molecule has 4 aromatic carbocycles. The third kappa shape index (κ3) is 7.31. The number of phenols is 2. The van der Waals surface area contributed by atoms with Crippen LogP contribution in [0.5, 0.6) is 11.5 Å². The van der Waals surface area contributed by atoms with Crippen molar-refractivity contribution in [2.75, 3.05) is 0 Å². The van der Waals surface area contributed by atoms with Crippen molar-refractivity contribution in [1.82, 2.24) is 0 Å². The van der Waals surface area contributed by atoms with Gasteiger partial charge in [-0.05, 0) is 98.9 Å². The van der Waals surface area contributed by atoms with E-state index in [2.05, 4.69) is 163 Å². The first-order valence-corrected chi connectivity index (χ1v) is 16.1. The molecular formula is C43H52O2. The minimum atomic E-state index is -0.215. The maximum absolute atomic E-state index is 11.3. The van der Waals surface area contributed by atoms with Crippen LogP contribution in [0.25, 0.3) is 22.3 Å². The Balaban J connectivity index is 1.87. The first-order chi connectivity index (χ1) is 20.6. The van der Waals surface area contributed by atoms with E-state index in [0.29, 0.717) is 11.5 Å². The molecule has 0 spiro atoms. The monoisotopic (exact) mass is 600 g/mol. The Bertz CT molecular complexity index is 1730. The van der Waals surface area contributed by atoms with Crippen molar-refractivity contribution in [2.24, 2.45) is 0 Å². The van der Waals surface area contributed by atoms with Crippen molar-refractivity contribution in [3.05, 3.63) is 106 Å². The fourth-order valence-corrected chi connectivity index (χ4v) is 5.86. The van der Waals surface area contributed by atoms with Gasteiger partial charge in [0.15, 0.2) is 0 Å². The summed E-state index contributed by atoms with van der Waals surface area (Å²) >= 11 is 0. The van der Waals surface area contributed by atoms with Crippen molar-refractivity contribution in [3.8, 4) is 45.6 Å². The Morgan fingerprint density at radius 2 is 0.867 bits per heavy atom. The van der Waals surface area contributed by atoms with Crippen LogP contribution < -0.4 is 0 Å². The predicted octanol–water partition coefficient (Wildman–Crippen LogP) is 11.3. The van der Waals surface area contributed by atoms with Crippen LogP contribution in [0.15, 0.2) is 66.7 Å². The number of aromatic hydroxyl groups is 2. The molecule has 0 heterocycles. The summed E-state index contributed by atoms with van der Waals surface area (Å²) in [5, 5.41) is 22.6. The van der Waals surface area contributed by atoms with Gasteiger partial charge < -0.3 is 10.2 Å². The molecule has 0 bridgehead atoms. The van der Waals surface area contributed by atoms with E-state index < -0.39 is 0 Å². The highest BCUT2D eigenvalue weighted by Gasteiger charge is 2.28. The van der Waals surface area contributed by atoms with E-state index in [4.69, 9.17) is 0 Å². The number of phenolic OH excluding ortho intramolecular Hbond substituents is 2. The minimum Gasteiger partial charge on any atom is -0.507 e. The van der Waals surface area contributed by atoms with Crippen LogP contribution in [0, 0.1) is 18.8 Å². The van der Waals surface area contributed by atoms with Crippen LogP contribution in [-0.4, -0.2) is 10.2 Å². The number of rotatable bonds is 2. The van der Waals surface area contributed by atoms with E-state index in [1.54, 1.807) is 0 Å². The fourth-order valence-electron chi connectivity index (χ4n) is 5.86. The van der Waals surface area contributed by atoms with E-state index >= 15 is 0 Å². The summed E-state index contributed by atoms with van der Waals surface area (Å²) in [6.07, 6.45) is 0. The molecule has 0 atom stereocenters. The quantitative estimate of drug-likeness (QED) is 0.225. The van der Waals surface area contributed by atoms with Crippen LogP contribution in [0.4, 0.5) is 0 Å². The molecule has 2 N–H and O–H groups in total. The molecule has 0 aliphatic heterocycles. The Morgan fingerprint density at radius 1 is 0.467 bits per heavy atom. The average Bonchev–Trinajstić information content (AvgIpc) is 2.90. The highest BCUT2D eigenvalue weighted by atomic mass is 16.3. The summed E-state index contributed by atoms with van der Waals surface area (Å²) in [4.78, 5) is 0. The Labute approximate surface area is 272 Å². The lowest BCUT2D eigenvalue weighted by Gasteiger charge is -2.28. The van der Waals surface area contributed by atoms with Gasteiger partial charge in [0.2, 0.25) is 0 Å². The van der Waals surface area contributed by atoms with Gasteiger partial charge in [0.05, 0.1) is 0 Å². The molecule has 45 heavy (non-hydrogen) atoms. The van der Waals surface area contributed by atoms with Crippen molar-refractivity contribution < 1.29 is 10.2 Å². The number of hydrogen-bond donors (Lipinski definition) is 2. The molecule has 0 fully saturated rings. The topological polar surface area (TPSA) is 40.5 Å². The Kier molecular flexibility index (Phi) is 8.86. The molecule has 0 saturated carbocycles. The molecule has 0 amide bonds. The van der Waals surface area contributed by atoms with Crippen LogP contribution in [0.1, 0.15) is 122 Å². The summed E-state index contributed by atoms with van der Waals surface area (Å²) < 4.78 is 0. The molecule has 0 aromatic heterocycles. The lowest BCUT2D eigenvalue weighted by Crippen LogP contribution is -2.17. The fraction of sp³-hybridized carbons (Fsp3) is 0.395. The number of hydrogen-bond acceptors (Lipinski definition) is 2. The molecular weight excluding hydrogens is 548 g/mol. The van der Waals surface area contributed by atoms with E-state index in [1.807, 2.05) is 6.07 Å². The summed E-state index contributed by atoms with van der Waals surface area (Å²) in [7, 11) is 0. The van der Waals surface area contributed by atoms with E-state index in [9.17, 15) is 10.2 Å². The van der Waals surface area contributed by atoms with Crippen molar-refractivity contribution in [3.63, 3.8) is 0 Å². The summed E-state index contributed by atoms with van der Waals surface area (Å²) in [5.41, 5.74) is 10.3. The maximum Gasteiger partial charge on any atom is 0.123 e. The maximum atomic E-state index is 11.3. The van der Waals surface area contributed by atoms with Crippen LogP contribution in [0.3, 0.4) is 0 Å². The normalized spacial score (nSPS) is 12.6. The first-order valence-electron chi connectivity index (χ1n) is 16.1. The van der Waals surface area contributed by atoms with Gasteiger partial charge in [-0.2, -0.15) is 0 Å². The van der Waals surface area contributed by atoms with E-state index in [0.717, 1.165) is 55.6 Å². The molecule has 0 saturated heterocycles.